The molecule has 19 heavy (non-hydrogen) atoms. The Balaban J connectivity index is 2.03. The Hall–Kier alpha value is -2.03. The van der Waals surface area contributed by atoms with Gasteiger partial charge in [0.2, 0.25) is 0 Å². The molecule has 9 heteroatoms. The Morgan fingerprint density at radius 1 is 1.37 bits per heavy atom. The zero-order valence-electron chi connectivity index (χ0n) is 9.70. The molecule has 4 N–H and O–H groups in total. The van der Waals surface area contributed by atoms with Crippen LogP contribution in [0.4, 0.5) is 24.8 Å². The fourth-order valence-corrected chi connectivity index (χ4v) is 1.92. The summed E-state index contributed by atoms with van der Waals surface area (Å²) in [6.07, 6.45) is 0.383. The summed E-state index contributed by atoms with van der Waals surface area (Å²) in [6, 6.07) is 0. The van der Waals surface area contributed by atoms with Gasteiger partial charge >= 0.3 is 6.18 Å². The van der Waals surface area contributed by atoms with Crippen molar-refractivity contribution < 1.29 is 13.2 Å². The number of nitrogens with two attached hydrogens (primary N) is 1. The molecule has 0 radical (unpaired) electrons. The van der Waals surface area contributed by atoms with Gasteiger partial charge in [-0.25, -0.2) is 15.8 Å². The smallest absolute Gasteiger partial charge is 0.353 e. The van der Waals surface area contributed by atoms with E-state index in [0.29, 0.717) is 5.65 Å². The predicted molar refractivity (Wildman–Crippen MR) is 62.4 cm³/mol. The first-order valence-electron chi connectivity index (χ1n) is 5.60. The van der Waals surface area contributed by atoms with E-state index in [0.717, 1.165) is 0 Å². The third-order valence-corrected chi connectivity index (χ3v) is 3.17. The number of nitrogens with zero attached hydrogens (tertiary/aromatic N) is 3. The number of anilines is 2. The van der Waals surface area contributed by atoms with Crippen molar-refractivity contribution in [2.75, 3.05) is 10.7 Å². The summed E-state index contributed by atoms with van der Waals surface area (Å²) >= 11 is 0. The average Bonchev–Trinajstić information content (AvgIpc) is 2.98. The van der Waals surface area contributed by atoms with E-state index < -0.39 is 11.7 Å². The minimum Gasteiger partial charge on any atom is -0.353 e. The lowest BCUT2D eigenvalue weighted by Gasteiger charge is -2.21. The van der Waals surface area contributed by atoms with E-state index in [1.807, 2.05) is 0 Å². The Labute approximate surface area is 105 Å². The van der Waals surface area contributed by atoms with Gasteiger partial charge in [0.1, 0.15) is 5.54 Å². The van der Waals surface area contributed by atoms with Gasteiger partial charge in [0.05, 0.1) is 6.20 Å². The van der Waals surface area contributed by atoms with Gasteiger partial charge in [-0.1, -0.05) is 0 Å². The number of hydrogen-bond donors (Lipinski definition) is 3. The number of imidazole rings is 1. The zero-order valence-corrected chi connectivity index (χ0v) is 9.70. The molecule has 6 nitrogen and oxygen atoms in total. The highest BCUT2D eigenvalue weighted by Crippen LogP contribution is 2.51. The van der Waals surface area contributed by atoms with E-state index in [4.69, 9.17) is 5.84 Å². The van der Waals surface area contributed by atoms with E-state index in [2.05, 4.69) is 20.7 Å². The number of rotatable bonds is 3. The van der Waals surface area contributed by atoms with Crippen LogP contribution < -0.4 is 16.6 Å². The molecule has 0 unspecified atom stereocenters. The summed E-state index contributed by atoms with van der Waals surface area (Å²) in [6.45, 7) is 0. The Kier molecular flexibility index (Phi) is 2.36. The van der Waals surface area contributed by atoms with Crippen LogP contribution in [-0.2, 0) is 0 Å². The highest BCUT2D eigenvalue weighted by atomic mass is 19.4. The molecule has 1 aliphatic carbocycles. The van der Waals surface area contributed by atoms with Crippen molar-refractivity contribution in [3.05, 3.63) is 18.6 Å². The molecule has 2 aromatic rings. The maximum Gasteiger partial charge on any atom is 0.411 e. The van der Waals surface area contributed by atoms with Gasteiger partial charge in [0, 0.05) is 12.4 Å². The van der Waals surface area contributed by atoms with Gasteiger partial charge in [0.15, 0.2) is 17.3 Å². The van der Waals surface area contributed by atoms with Crippen LogP contribution in [-0.4, -0.2) is 26.1 Å². The van der Waals surface area contributed by atoms with Crippen molar-refractivity contribution in [1.82, 2.24) is 14.4 Å². The maximum absolute atomic E-state index is 12.9. The van der Waals surface area contributed by atoms with E-state index in [1.165, 1.54) is 6.20 Å². The van der Waals surface area contributed by atoms with Crippen LogP contribution in [0.5, 0.6) is 0 Å². The van der Waals surface area contributed by atoms with Crippen molar-refractivity contribution in [3.8, 4) is 0 Å². The van der Waals surface area contributed by atoms with Gasteiger partial charge < -0.3 is 15.1 Å². The standard InChI is InChI=1S/C10H11F3N6/c11-10(12,13)9(1-2-9)17-7-8-15-3-4-19(8)5-6(16-7)18-14/h3-5,18H,1-2,14H2,(H,16,17). The van der Waals surface area contributed by atoms with Crippen molar-refractivity contribution >= 4 is 17.3 Å². The minimum atomic E-state index is -4.32. The van der Waals surface area contributed by atoms with Gasteiger partial charge in [-0.3, -0.25) is 0 Å². The van der Waals surface area contributed by atoms with Crippen molar-refractivity contribution in [3.63, 3.8) is 0 Å². The lowest BCUT2D eigenvalue weighted by molar-refractivity contribution is -0.151. The minimum absolute atomic E-state index is 0.0331. The molecule has 0 aromatic carbocycles. The second-order valence-electron chi connectivity index (χ2n) is 4.48. The van der Waals surface area contributed by atoms with E-state index in [9.17, 15) is 13.2 Å². The number of halogens is 3. The molecule has 1 fully saturated rings. The summed E-state index contributed by atoms with van der Waals surface area (Å²) in [5.41, 5.74) is 0.752. The number of nitrogen functional groups attached to an aromatic ring is 1. The predicted octanol–water partition coefficient (Wildman–Crippen LogP) is 1.52. The van der Waals surface area contributed by atoms with Crippen molar-refractivity contribution in [2.24, 2.45) is 5.84 Å². The van der Waals surface area contributed by atoms with E-state index in [-0.39, 0.29) is 24.5 Å². The molecule has 0 bridgehead atoms. The van der Waals surface area contributed by atoms with Crippen LogP contribution in [0.25, 0.3) is 5.65 Å². The second kappa shape index (κ2) is 3.73. The third-order valence-electron chi connectivity index (χ3n) is 3.17. The summed E-state index contributed by atoms with van der Waals surface area (Å²) in [5.74, 6) is 5.57. The van der Waals surface area contributed by atoms with E-state index >= 15 is 0 Å². The first-order chi connectivity index (χ1) is 8.95. The molecule has 0 saturated heterocycles. The van der Waals surface area contributed by atoms with Crippen LogP contribution in [0.3, 0.4) is 0 Å². The fraction of sp³-hybridized carbons (Fsp3) is 0.400. The van der Waals surface area contributed by atoms with Crippen LogP contribution in [0.2, 0.25) is 0 Å². The average molecular weight is 272 g/mol. The van der Waals surface area contributed by atoms with Crippen LogP contribution in [0.15, 0.2) is 18.6 Å². The quantitative estimate of drug-likeness (QED) is 0.583. The normalized spacial score (nSPS) is 17.5. The summed E-state index contributed by atoms with van der Waals surface area (Å²) in [7, 11) is 0. The number of hydrazine groups is 1. The molecule has 1 saturated carbocycles. The van der Waals surface area contributed by atoms with Crippen LogP contribution >= 0.6 is 0 Å². The van der Waals surface area contributed by atoms with Gasteiger partial charge in [-0.15, -0.1) is 0 Å². The van der Waals surface area contributed by atoms with Gasteiger partial charge in [0.25, 0.3) is 0 Å². The van der Waals surface area contributed by atoms with Crippen molar-refractivity contribution in [2.45, 2.75) is 24.6 Å². The monoisotopic (exact) mass is 272 g/mol. The molecule has 102 valence electrons. The summed E-state index contributed by atoms with van der Waals surface area (Å²) < 4.78 is 40.3. The maximum atomic E-state index is 12.9. The second-order valence-corrected chi connectivity index (χ2v) is 4.48. The zero-order chi connectivity index (χ0) is 13.7. The number of aromatic nitrogens is 3. The first kappa shape index (κ1) is 12.0. The van der Waals surface area contributed by atoms with E-state index in [1.54, 1.807) is 16.8 Å². The summed E-state index contributed by atoms with van der Waals surface area (Å²) in [5, 5.41) is 2.46. The van der Waals surface area contributed by atoms with Gasteiger partial charge in [-0.2, -0.15) is 13.2 Å². The number of fused-ring (bicyclic) bond motifs is 1. The number of nitrogens with one attached hydrogen (secondary N) is 2. The Morgan fingerprint density at radius 2 is 2.11 bits per heavy atom. The highest BCUT2D eigenvalue weighted by Gasteiger charge is 2.64. The molecule has 2 aromatic heterocycles. The molecule has 0 amide bonds. The molecule has 3 rings (SSSR count). The first-order valence-corrected chi connectivity index (χ1v) is 5.60. The molecule has 0 aliphatic heterocycles. The molecule has 1 aliphatic rings. The third kappa shape index (κ3) is 1.86. The largest absolute Gasteiger partial charge is 0.411 e. The Bertz CT molecular complexity index is 615. The fourth-order valence-electron chi connectivity index (χ4n) is 1.92. The molecular weight excluding hydrogens is 261 g/mol. The lowest BCUT2D eigenvalue weighted by Crippen LogP contribution is -2.39. The lowest BCUT2D eigenvalue weighted by atomic mass is 10.2. The van der Waals surface area contributed by atoms with Crippen molar-refractivity contribution in [1.29, 1.82) is 0 Å². The molecular formula is C10H11F3N6. The molecule has 0 spiro atoms. The number of hydrogen-bond acceptors (Lipinski definition) is 5. The topological polar surface area (TPSA) is 80.3 Å². The Morgan fingerprint density at radius 3 is 2.68 bits per heavy atom. The molecule has 2 heterocycles. The highest BCUT2D eigenvalue weighted by molar-refractivity contribution is 5.67. The molecule has 0 atom stereocenters. The van der Waals surface area contributed by atoms with Crippen LogP contribution in [0.1, 0.15) is 12.8 Å². The number of alkyl halides is 3. The van der Waals surface area contributed by atoms with Crippen LogP contribution in [0, 0.1) is 0 Å². The summed E-state index contributed by atoms with van der Waals surface area (Å²) in [4.78, 5) is 7.99. The van der Waals surface area contributed by atoms with Gasteiger partial charge in [-0.05, 0) is 12.8 Å². The SMILES string of the molecule is NNc1cn2ccnc2c(NC2(C(F)(F)F)CC2)n1.